The molecule has 0 aliphatic carbocycles. The van der Waals surface area contributed by atoms with Crippen LogP contribution in [-0.4, -0.2) is 58.1 Å². The van der Waals surface area contributed by atoms with Gasteiger partial charge in [0.1, 0.15) is 12.0 Å². The normalized spacial score (nSPS) is 18.5. The zero-order valence-electron chi connectivity index (χ0n) is 14.1. The molecule has 124 valence electrons. The summed E-state index contributed by atoms with van der Waals surface area (Å²) in [4.78, 5) is 20.9. The van der Waals surface area contributed by atoms with Crippen molar-refractivity contribution in [1.82, 2.24) is 24.8 Å². The summed E-state index contributed by atoms with van der Waals surface area (Å²) >= 11 is 0. The maximum atomic E-state index is 4.50. The van der Waals surface area contributed by atoms with E-state index in [9.17, 15) is 0 Å². The van der Waals surface area contributed by atoms with E-state index in [1.165, 1.54) is 18.5 Å². The standard InChI is InChI=1S/C18H22N6/c1-23(2)14-4-3-7-24(11-14)16-5-6-21-18-17(16)15(10-22-18)13-8-19-12-20-9-13/h5-6,8-10,12,14H,3-4,7,11H2,1-2H3,(H,21,22)/t14-/m0/s1. The van der Waals surface area contributed by atoms with Gasteiger partial charge in [-0.1, -0.05) is 0 Å². The van der Waals surface area contributed by atoms with Gasteiger partial charge in [0, 0.05) is 60.7 Å². The number of aromatic nitrogens is 4. The van der Waals surface area contributed by atoms with Gasteiger partial charge in [-0.2, -0.15) is 0 Å². The number of pyridine rings is 1. The Labute approximate surface area is 141 Å². The van der Waals surface area contributed by atoms with E-state index in [1.807, 2.05) is 24.8 Å². The molecule has 6 heteroatoms. The molecular weight excluding hydrogens is 300 g/mol. The minimum absolute atomic E-state index is 0.587. The average molecular weight is 322 g/mol. The van der Waals surface area contributed by atoms with E-state index in [4.69, 9.17) is 0 Å². The first-order valence-corrected chi connectivity index (χ1v) is 8.37. The van der Waals surface area contributed by atoms with Crippen molar-refractivity contribution < 1.29 is 0 Å². The molecule has 0 spiro atoms. The van der Waals surface area contributed by atoms with Crippen LogP contribution in [0.2, 0.25) is 0 Å². The second kappa shape index (κ2) is 6.20. The highest BCUT2D eigenvalue weighted by Gasteiger charge is 2.24. The minimum atomic E-state index is 0.587. The molecule has 1 aliphatic rings. The Bertz CT molecular complexity index is 826. The van der Waals surface area contributed by atoms with Gasteiger partial charge in [-0.15, -0.1) is 0 Å². The molecule has 1 fully saturated rings. The van der Waals surface area contributed by atoms with E-state index < -0.39 is 0 Å². The Kier molecular flexibility index (Phi) is 3.90. The first-order chi connectivity index (χ1) is 11.7. The molecule has 1 N–H and O–H groups in total. The Balaban J connectivity index is 1.80. The fourth-order valence-corrected chi connectivity index (χ4v) is 3.56. The summed E-state index contributed by atoms with van der Waals surface area (Å²) in [6.45, 7) is 2.13. The second-order valence-corrected chi connectivity index (χ2v) is 6.59. The quantitative estimate of drug-likeness (QED) is 0.803. The van der Waals surface area contributed by atoms with Gasteiger partial charge in [-0.25, -0.2) is 15.0 Å². The molecule has 6 nitrogen and oxygen atoms in total. The molecule has 3 aromatic heterocycles. The van der Waals surface area contributed by atoms with Gasteiger partial charge < -0.3 is 14.8 Å². The first kappa shape index (κ1) is 15.1. The third kappa shape index (κ3) is 2.63. The van der Waals surface area contributed by atoms with Gasteiger partial charge in [0.2, 0.25) is 0 Å². The van der Waals surface area contributed by atoms with Crippen molar-refractivity contribution >= 4 is 16.7 Å². The van der Waals surface area contributed by atoms with E-state index in [-0.39, 0.29) is 0 Å². The van der Waals surface area contributed by atoms with Gasteiger partial charge in [0.05, 0.1) is 5.39 Å². The summed E-state index contributed by atoms with van der Waals surface area (Å²) in [5.41, 5.74) is 4.28. The van der Waals surface area contributed by atoms with Crippen molar-refractivity contribution in [2.75, 3.05) is 32.1 Å². The molecule has 0 radical (unpaired) electrons. The third-order valence-electron chi connectivity index (χ3n) is 4.89. The van der Waals surface area contributed by atoms with Gasteiger partial charge in [0.15, 0.2) is 0 Å². The highest BCUT2D eigenvalue weighted by molar-refractivity contribution is 6.02. The van der Waals surface area contributed by atoms with Gasteiger partial charge in [-0.05, 0) is 33.0 Å². The molecule has 1 aliphatic heterocycles. The van der Waals surface area contributed by atoms with Crippen LogP contribution in [0, 0.1) is 0 Å². The summed E-state index contributed by atoms with van der Waals surface area (Å²) in [5.74, 6) is 0. The molecule has 24 heavy (non-hydrogen) atoms. The number of H-pyrrole nitrogens is 1. The summed E-state index contributed by atoms with van der Waals surface area (Å²) in [7, 11) is 4.33. The molecular formula is C18H22N6. The van der Waals surface area contributed by atoms with Crippen LogP contribution in [0.5, 0.6) is 0 Å². The first-order valence-electron chi connectivity index (χ1n) is 8.37. The maximum Gasteiger partial charge on any atom is 0.139 e. The van der Waals surface area contributed by atoms with E-state index >= 15 is 0 Å². The lowest BCUT2D eigenvalue weighted by Gasteiger charge is -2.37. The SMILES string of the molecule is CN(C)[C@H]1CCCN(c2ccnc3[nH]cc(-c4cncnc4)c23)C1. The Morgan fingerprint density at radius 3 is 2.88 bits per heavy atom. The Morgan fingerprint density at radius 1 is 1.25 bits per heavy atom. The monoisotopic (exact) mass is 322 g/mol. The van der Waals surface area contributed by atoms with E-state index in [1.54, 1.807) is 6.33 Å². The number of hydrogen-bond acceptors (Lipinski definition) is 5. The largest absolute Gasteiger partial charge is 0.369 e. The van der Waals surface area contributed by atoms with Gasteiger partial charge >= 0.3 is 0 Å². The molecule has 0 amide bonds. The average Bonchev–Trinajstić information content (AvgIpc) is 3.07. The topological polar surface area (TPSA) is 60.9 Å². The fourth-order valence-electron chi connectivity index (χ4n) is 3.56. The highest BCUT2D eigenvalue weighted by atomic mass is 15.2. The second-order valence-electron chi connectivity index (χ2n) is 6.59. The molecule has 0 aromatic carbocycles. The van der Waals surface area contributed by atoms with Crippen molar-refractivity contribution in [3.05, 3.63) is 37.2 Å². The van der Waals surface area contributed by atoms with Crippen LogP contribution in [0.1, 0.15) is 12.8 Å². The predicted molar refractivity (Wildman–Crippen MR) is 96.0 cm³/mol. The van der Waals surface area contributed by atoms with Crippen LogP contribution in [-0.2, 0) is 0 Å². The number of piperidine rings is 1. The number of nitrogens with zero attached hydrogens (tertiary/aromatic N) is 5. The smallest absolute Gasteiger partial charge is 0.139 e. The molecule has 4 rings (SSSR count). The molecule has 0 unspecified atom stereocenters. The third-order valence-corrected chi connectivity index (χ3v) is 4.89. The molecule has 0 bridgehead atoms. The minimum Gasteiger partial charge on any atom is -0.369 e. The number of aromatic amines is 1. The Morgan fingerprint density at radius 2 is 2.08 bits per heavy atom. The number of likely N-dealkylation sites (N-methyl/N-ethyl adjacent to an activating group) is 1. The van der Waals surface area contributed by atoms with Crippen molar-refractivity contribution in [2.24, 2.45) is 0 Å². The summed E-state index contributed by atoms with van der Waals surface area (Å²) in [6, 6.07) is 2.71. The van der Waals surface area contributed by atoms with Crippen LogP contribution in [0.3, 0.4) is 0 Å². The van der Waals surface area contributed by atoms with Crippen LogP contribution in [0.4, 0.5) is 5.69 Å². The number of fused-ring (bicyclic) bond motifs is 1. The summed E-state index contributed by atoms with van der Waals surface area (Å²) in [5, 5.41) is 1.16. The molecule has 1 atom stereocenters. The van der Waals surface area contributed by atoms with Gasteiger partial charge in [0.25, 0.3) is 0 Å². The van der Waals surface area contributed by atoms with Gasteiger partial charge in [-0.3, -0.25) is 0 Å². The number of hydrogen-bond donors (Lipinski definition) is 1. The van der Waals surface area contributed by atoms with E-state index in [0.29, 0.717) is 6.04 Å². The highest BCUT2D eigenvalue weighted by Crippen LogP contribution is 2.35. The maximum absolute atomic E-state index is 4.50. The lowest BCUT2D eigenvalue weighted by molar-refractivity contribution is 0.258. The number of anilines is 1. The van der Waals surface area contributed by atoms with Crippen molar-refractivity contribution in [3.8, 4) is 11.1 Å². The van der Waals surface area contributed by atoms with E-state index in [0.717, 1.165) is 35.2 Å². The molecule has 0 saturated carbocycles. The van der Waals surface area contributed by atoms with Crippen molar-refractivity contribution in [1.29, 1.82) is 0 Å². The zero-order valence-corrected chi connectivity index (χ0v) is 14.1. The summed E-state index contributed by atoms with van der Waals surface area (Å²) < 4.78 is 0. The predicted octanol–water partition coefficient (Wildman–Crippen LogP) is 2.55. The number of rotatable bonds is 3. The lowest BCUT2D eigenvalue weighted by atomic mass is 10.0. The van der Waals surface area contributed by atoms with Crippen LogP contribution in [0.15, 0.2) is 37.2 Å². The van der Waals surface area contributed by atoms with Crippen LogP contribution < -0.4 is 4.90 Å². The lowest BCUT2D eigenvalue weighted by Crippen LogP contribution is -2.45. The molecule has 4 heterocycles. The summed E-state index contributed by atoms with van der Waals surface area (Å²) in [6.07, 6.45) is 11.6. The van der Waals surface area contributed by atoms with Crippen molar-refractivity contribution in [2.45, 2.75) is 18.9 Å². The zero-order chi connectivity index (χ0) is 16.5. The Hall–Kier alpha value is -2.47. The van der Waals surface area contributed by atoms with Crippen LogP contribution >= 0.6 is 0 Å². The fraction of sp³-hybridized carbons (Fsp3) is 0.389. The van der Waals surface area contributed by atoms with E-state index in [2.05, 4.69) is 49.9 Å². The van der Waals surface area contributed by atoms with Crippen LogP contribution in [0.25, 0.3) is 22.2 Å². The number of nitrogens with one attached hydrogen (secondary N) is 1. The van der Waals surface area contributed by atoms with Crippen molar-refractivity contribution in [3.63, 3.8) is 0 Å². The molecule has 1 saturated heterocycles. The molecule has 3 aromatic rings.